The van der Waals surface area contributed by atoms with E-state index in [4.69, 9.17) is 0 Å². The van der Waals surface area contributed by atoms with Gasteiger partial charge in [0.05, 0.1) is 27.9 Å². The number of amides is 1. The first kappa shape index (κ1) is 17.1. The molecule has 2 heterocycles. The van der Waals surface area contributed by atoms with Crippen LogP contribution >= 0.6 is 22.7 Å². The Morgan fingerprint density at radius 2 is 1.91 bits per heavy atom. The zero-order chi connectivity index (χ0) is 16.3. The number of aromatic nitrogens is 2. The van der Waals surface area contributed by atoms with E-state index in [0.29, 0.717) is 12.5 Å². The summed E-state index contributed by atoms with van der Waals surface area (Å²) in [6.07, 6.45) is 2.10. The highest BCUT2D eigenvalue weighted by atomic mass is 32.1. The van der Waals surface area contributed by atoms with E-state index in [9.17, 15) is 4.79 Å². The predicted molar refractivity (Wildman–Crippen MR) is 93.0 cm³/mol. The van der Waals surface area contributed by atoms with Crippen LogP contribution in [0.3, 0.4) is 0 Å². The summed E-state index contributed by atoms with van der Waals surface area (Å²) in [5.41, 5.74) is 1.84. The Morgan fingerprint density at radius 3 is 2.50 bits per heavy atom. The predicted octanol–water partition coefficient (Wildman–Crippen LogP) is 4.22. The third kappa shape index (κ3) is 3.93. The molecule has 0 fully saturated rings. The number of nitrogens with one attached hydrogen (secondary N) is 1. The van der Waals surface area contributed by atoms with Crippen molar-refractivity contribution in [1.82, 2.24) is 15.3 Å². The number of carbonyl (C=O) groups is 1. The fraction of sp³-hybridized carbons (Fsp3) is 0.562. The highest BCUT2D eigenvalue weighted by Gasteiger charge is 2.17. The molecule has 0 aliphatic heterocycles. The lowest BCUT2D eigenvalue weighted by Gasteiger charge is -2.02. The van der Waals surface area contributed by atoms with E-state index in [1.807, 2.05) is 13.8 Å². The van der Waals surface area contributed by atoms with Crippen LogP contribution in [0.2, 0.25) is 0 Å². The Labute approximate surface area is 140 Å². The number of aryl methyl sites for hydroxylation is 3. The zero-order valence-electron chi connectivity index (χ0n) is 13.8. The Morgan fingerprint density at radius 1 is 1.18 bits per heavy atom. The monoisotopic (exact) mass is 337 g/mol. The van der Waals surface area contributed by atoms with Crippen molar-refractivity contribution in [2.45, 2.75) is 59.9 Å². The average molecular weight is 338 g/mol. The van der Waals surface area contributed by atoms with Crippen LogP contribution in [0.4, 0.5) is 0 Å². The molecule has 0 aliphatic carbocycles. The third-order valence-corrected chi connectivity index (χ3v) is 6.00. The van der Waals surface area contributed by atoms with Crippen LogP contribution in [-0.2, 0) is 13.0 Å². The smallest absolute Gasteiger partial charge is 0.263 e. The maximum Gasteiger partial charge on any atom is 0.263 e. The molecule has 4 nitrogen and oxygen atoms in total. The lowest BCUT2D eigenvalue weighted by molar-refractivity contribution is 0.0954. The largest absolute Gasteiger partial charge is 0.346 e. The first-order chi connectivity index (χ1) is 10.4. The molecule has 0 spiro atoms. The van der Waals surface area contributed by atoms with E-state index < -0.39 is 0 Å². The van der Waals surface area contributed by atoms with Gasteiger partial charge in [-0.25, -0.2) is 9.97 Å². The van der Waals surface area contributed by atoms with Gasteiger partial charge in [0.2, 0.25) is 0 Å². The Kier molecular flexibility index (Phi) is 5.69. The second-order valence-corrected chi connectivity index (χ2v) is 7.87. The summed E-state index contributed by atoms with van der Waals surface area (Å²) in [7, 11) is 0. The first-order valence-corrected chi connectivity index (χ1v) is 9.26. The van der Waals surface area contributed by atoms with Crippen molar-refractivity contribution in [3.05, 3.63) is 31.2 Å². The summed E-state index contributed by atoms with van der Waals surface area (Å²) < 4.78 is 0. The lowest BCUT2D eigenvalue weighted by Crippen LogP contribution is -2.22. The lowest BCUT2D eigenvalue weighted by atomic mass is 10.2. The fourth-order valence-corrected chi connectivity index (χ4v) is 4.19. The summed E-state index contributed by atoms with van der Waals surface area (Å²) in [4.78, 5) is 23.3. The zero-order valence-corrected chi connectivity index (χ0v) is 15.5. The van der Waals surface area contributed by atoms with Crippen molar-refractivity contribution in [1.29, 1.82) is 0 Å². The molecule has 2 aromatic heterocycles. The maximum atomic E-state index is 12.4. The molecule has 120 valence electrons. The summed E-state index contributed by atoms with van der Waals surface area (Å²) >= 11 is 3.19. The second kappa shape index (κ2) is 7.33. The molecule has 1 N–H and O–H groups in total. The van der Waals surface area contributed by atoms with Gasteiger partial charge < -0.3 is 5.32 Å². The molecule has 0 radical (unpaired) electrons. The molecular weight excluding hydrogens is 314 g/mol. The van der Waals surface area contributed by atoms with Gasteiger partial charge in [0.25, 0.3) is 5.91 Å². The minimum atomic E-state index is -0.0354. The van der Waals surface area contributed by atoms with Gasteiger partial charge in [-0.2, -0.15) is 0 Å². The summed E-state index contributed by atoms with van der Waals surface area (Å²) in [5.74, 6) is 0.317. The number of nitrogens with zero attached hydrogens (tertiary/aromatic N) is 2. The van der Waals surface area contributed by atoms with Crippen LogP contribution in [0, 0.1) is 13.8 Å². The minimum absolute atomic E-state index is 0.0354. The van der Waals surface area contributed by atoms with Gasteiger partial charge in [0.15, 0.2) is 0 Å². The van der Waals surface area contributed by atoms with Crippen molar-refractivity contribution >= 4 is 28.6 Å². The Balaban J connectivity index is 2.03. The standard InChI is InChI=1S/C16H23N3OS2/c1-6-7-13-18-10(4)12(21-13)8-17-15(20)14-11(5)19-16(22-14)9(2)3/h9H,6-8H2,1-5H3,(H,17,20). The molecule has 0 saturated carbocycles. The van der Waals surface area contributed by atoms with Gasteiger partial charge >= 0.3 is 0 Å². The summed E-state index contributed by atoms with van der Waals surface area (Å²) in [6, 6.07) is 0. The molecule has 0 saturated heterocycles. The fourth-order valence-electron chi connectivity index (χ4n) is 2.09. The topological polar surface area (TPSA) is 54.9 Å². The van der Waals surface area contributed by atoms with Gasteiger partial charge in [-0.05, 0) is 26.7 Å². The van der Waals surface area contributed by atoms with Crippen molar-refractivity contribution in [2.24, 2.45) is 0 Å². The van der Waals surface area contributed by atoms with Gasteiger partial charge in [-0.3, -0.25) is 4.79 Å². The van der Waals surface area contributed by atoms with E-state index in [2.05, 4.69) is 36.1 Å². The maximum absolute atomic E-state index is 12.4. The molecule has 0 aliphatic rings. The number of hydrogen-bond acceptors (Lipinski definition) is 5. The molecule has 0 aromatic carbocycles. The van der Waals surface area contributed by atoms with Crippen LogP contribution in [0.25, 0.3) is 0 Å². The Hall–Kier alpha value is -1.27. The second-order valence-electron chi connectivity index (χ2n) is 5.67. The van der Waals surface area contributed by atoms with Crippen LogP contribution in [0.5, 0.6) is 0 Å². The van der Waals surface area contributed by atoms with Crippen molar-refractivity contribution in [2.75, 3.05) is 0 Å². The molecule has 0 bridgehead atoms. The van der Waals surface area contributed by atoms with Crippen LogP contribution in [-0.4, -0.2) is 15.9 Å². The molecule has 0 atom stereocenters. The van der Waals surface area contributed by atoms with Gasteiger partial charge in [0.1, 0.15) is 4.88 Å². The third-order valence-electron chi connectivity index (χ3n) is 3.32. The SMILES string of the molecule is CCCc1nc(C)c(CNC(=O)c2sc(C(C)C)nc2C)s1. The number of carbonyl (C=O) groups excluding carboxylic acids is 1. The van der Waals surface area contributed by atoms with E-state index in [0.717, 1.165) is 44.0 Å². The van der Waals surface area contributed by atoms with Crippen molar-refractivity contribution in [3.8, 4) is 0 Å². The van der Waals surface area contributed by atoms with Crippen LogP contribution in [0.1, 0.15) is 69.1 Å². The molecule has 0 unspecified atom stereocenters. The van der Waals surface area contributed by atoms with E-state index in [1.165, 1.54) is 11.3 Å². The highest BCUT2D eigenvalue weighted by molar-refractivity contribution is 7.14. The van der Waals surface area contributed by atoms with Gasteiger partial charge in [0, 0.05) is 10.8 Å². The Bertz CT molecular complexity index is 658. The minimum Gasteiger partial charge on any atom is -0.346 e. The van der Waals surface area contributed by atoms with E-state index >= 15 is 0 Å². The molecule has 2 rings (SSSR count). The van der Waals surface area contributed by atoms with E-state index in [-0.39, 0.29) is 5.91 Å². The number of thiazole rings is 2. The van der Waals surface area contributed by atoms with Crippen molar-refractivity contribution < 1.29 is 4.79 Å². The van der Waals surface area contributed by atoms with Crippen LogP contribution < -0.4 is 5.32 Å². The van der Waals surface area contributed by atoms with E-state index in [1.54, 1.807) is 11.3 Å². The number of rotatable bonds is 6. The van der Waals surface area contributed by atoms with Gasteiger partial charge in [-0.15, -0.1) is 22.7 Å². The first-order valence-electron chi connectivity index (χ1n) is 7.63. The normalized spacial score (nSPS) is 11.2. The summed E-state index contributed by atoms with van der Waals surface area (Å²) in [5, 5.41) is 5.18. The molecule has 22 heavy (non-hydrogen) atoms. The molecular formula is C16H23N3OS2. The quantitative estimate of drug-likeness (QED) is 0.858. The molecule has 1 amide bonds. The average Bonchev–Trinajstić information content (AvgIpc) is 3.00. The highest BCUT2D eigenvalue weighted by Crippen LogP contribution is 2.25. The summed E-state index contributed by atoms with van der Waals surface area (Å²) in [6.45, 7) is 10.8. The molecule has 6 heteroatoms. The van der Waals surface area contributed by atoms with Gasteiger partial charge in [-0.1, -0.05) is 20.8 Å². The number of hydrogen-bond donors (Lipinski definition) is 1. The molecule has 2 aromatic rings. The van der Waals surface area contributed by atoms with Crippen LogP contribution in [0.15, 0.2) is 0 Å². The van der Waals surface area contributed by atoms with Crippen molar-refractivity contribution in [3.63, 3.8) is 0 Å².